The van der Waals surface area contributed by atoms with Crippen LogP contribution in [-0.4, -0.2) is 16.6 Å². The highest BCUT2D eigenvalue weighted by Gasteiger charge is 2.26. The van der Waals surface area contributed by atoms with Crippen LogP contribution in [-0.2, 0) is 4.79 Å². The van der Waals surface area contributed by atoms with Crippen molar-refractivity contribution in [2.45, 2.75) is 31.2 Å². The highest BCUT2D eigenvalue weighted by Crippen LogP contribution is 2.22. The zero-order valence-corrected chi connectivity index (χ0v) is 6.42. The van der Waals surface area contributed by atoms with Gasteiger partial charge in [0, 0.05) is 5.54 Å². The zero-order valence-electron chi connectivity index (χ0n) is 6.42. The molecule has 0 saturated heterocycles. The summed E-state index contributed by atoms with van der Waals surface area (Å²) < 4.78 is 0. The number of hydrogen-bond donors (Lipinski definition) is 2. The highest BCUT2D eigenvalue weighted by molar-refractivity contribution is 5.69. The molecule has 1 unspecified atom stereocenters. The summed E-state index contributed by atoms with van der Waals surface area (Å²) in [5.41, 5.74) is 5.21. The zero-order chi connectivity index (χ0) is 8.32. The second-order valence-electron chi connectivity index (χ2n) is 3.10. The van der Waals surface area contributed by atoms with Crippen molar-refractivity contribution in [3.8, 4) is 0 Å². The SMILES string of the molecule is NC1(CC(=O)O)C=CCCC1. The third-order valence-electron chi connectivity index (χ3n) is 1.94. The predicted octanol–water partition coefficient (Wildman–Crippen LogP) is 0.899. The van der Waals surface area contributed by atoms with E-state index in [1.807, 2.05) is 12.2 Å². The number of carbonyl (C=O) groups is 1. The Kier molecular flexibility index (Phi) is 2.29. The smallest absolute Gasteiger partial charge is 0.305 e. The maximum absolute atomic E-state index is 10.4. The molecule has 1 aliphatic rings. The minimum Gasteiger partial charge on any atom is -0.481 e. The lowest BCUT2D eigenvalue weighted by Gasteiger charge is -2.26. The summed E-state index contributed by atoms with van der Waals surface area (Å²) in [6, 6.07) is 0. The standard InChI is InChI=1S/C8H13NO2/c9-8(6-7(10)11)4-2-1-3-5-8/h2,4H,1,3,5-6,9H2,(H,10,11). The van der Waals surface area contributed by atoms with E-state index in [1.54, 1.807) is 0 Å². The lowest BCUT2D eigenvalue weighted by Crippen LogP contribution is -2.40. The van der Waals surface area contributed by atoms with Gasteiger partial charge in [0.1, 0.15) is 0 Å². The molecule has 1 aliphatic carbocycles. The van der Waals surface area contributed by atoms with E-state index in [0.29, 0.717) is 0 Å². The first-order valence-electron chi connectivity index (χ1n) is 3.81. The first kappa shape index (κ1) is 8.27. The van der Waals surface area contributed by atoms with Gasteiger partial charge in [0.25, 0.3) is 0 Å². The number of nitrogens with two attached hydrogens (primary N) is 1. The molecule has 1 rings (SSSR count). The van der Waals surface area contributed by atoms with Gasteiger partial charge in [0.15, 0.2) is 0 Å². The molecule has 0 bridgehead atoms. The first-order valence-corrected chi connectivity index (χ1v) is 3.81. The first-order chi connectivity index (χ1) is 5.12. The fraction of sp³-hybridized carbons (Fsp3) is 0.625. The Morgan fingerprint density at radius 3 is 2.91 bits per heavy atom. The fourth-order valence-corrected chi connectivity index (χ4v) is 1.38. The summed E-state index contributed by atoms with van der Waals surface area (Å²) in [5.74, 6) is -0.820. The molecule has 0 fully saturated rings. The average molecular weight is 155 g/mol. The Morgan fingerprint density at radius 1 is 1.73 bits per heavy atom. The number of aliphatic carboxylic acids is 1. The van der Waals surface area contributed by atoms with Gasteiger partial charge in [0.05, 0.1) is 6.42 Å². The quantitative estimate of drug-likeness (QED) is 0.582. The summed E-state index contributed by atoms with van der Waals surface area (Å²) in [4.78, 5) is 10.4. The van der Waals surface area contributed by atoms with E-state index in [-0.39, 0.29) is 6.42 Å². The van der Waals surface area contributed by atoms with Crippen molar-refractivity contribution >= 4 is 5.97 Å². The summed E-state index contributed by atoms with van der Waals surface area (Å²) in [6.07, 6.45) is 6.65. The van der Waals surface area contributed by atoms with Crippen molar-refractivity contribution in [3.05, 3.63) is 12.2 Å². The molecular weight excluding hydrogens is 142 g/mol. The lowest BCUT2D eigenvalue weighted by molar-refractivity contribution is -0.138. The van der Waals surface area contributed by atoms with Crippen LogP contribution in [0.4, 0.5) is 0 Å². The Labute approximate surface area is 65.9 Å². The van der Waals surface area contributed by atoms with Crippen LogP contribution in [0, 0.1) is 0 Å². The molecule has 62 valence electrons. The maximum Gasteiger partial charge on any atom is 0.305 e. The van der Waals surface area contributed by atoms with Crippen LogP contribution in [0.25, 0.3) is 0 Å². The van der Waals surface area contributed by atoms with Crippen molar-refractivity contribution in [2.24, 2.45) is 5.73 Å². The van der Waals surface area contributed by atoms with Gasteiger partial charge >= 0.3 is 5.97 Å². The molecule has 1 atom stereocenters. The van der Waals surface area contributed by atoms with Gasteiger partial charge < -0.3 is 10.8 Å². The van der Waals surface area contributed by atoms with E-state index in [1.165, 1.54) is 0 Å². The molecule has 0 aromatic carbocycles. The molecule has 0 aromatic rings. The molecule has 0 aliphatic heterocycles. The van der Waals surface area contributed by atoms with Gasteiger partial charge in [-0.15, -0.1) is 0 Å². The molecular formula is C8H13NO2. The summed E-state index contributed by atoms with van der Waals surface area (Å²) in [5, 5.41) is 8.52. The highest BCUT2D eigenvalue weighted by atomic mass is 16.4. The van der Waals surface area contributed by atoms with Crippen LogP contribution in [0.2, 0.25) is 0 Å². The van der Waals surface area contributed by atoms with Gasteiger partial charge in [-0.25, -0.2) is 0 Å². The van der Waals surface area contributed by atoms with Crippen molar-refractivity contribution in [1.82, 2.24) is 0 Å². The van der Waals surface area contributed by atoms with Crippen LogP contribution in [0.1, 0.15) is 25.7 Å². The Balaban J connectivity index is 2.57. The number of rotatable bonds is 2. The molecule has 3 N–H and O–H groups in total. The molecule has 3 heteroatoms. The number of hydrogen-bond acceptors (Lipinski definition) is 2. The monoisotopic (exact) mass is 155 g/mol. The molecule has 0 radical (unpaired) electrons. The Bertz CT molecular complexity index is 189. The Hall–Kier alpha value is -0.830. The van der Waals surface area contributed by atoms with Crippen molar-refractivity contribution in [1.29, 1.82) is 0 Å². The minimum absolute atomic E-state index is 0.0451. The van der Waals surface area contributed by atoms with Gasteiger partial charge in [-0.3, -0.25) is 4.79 Å². The third-order valence-corrected chi connectivity index (χ3v) is 1.94. The van der Waals surface area contributed by atoms with Gasteiger partial charge in [-0.1, -0.05) is 12.2 Å². The number of carboxylic acids is 1. The van der Waals surface area contributed by atoms with Crippen LogP contribution < -0.4 is 5.73 Å². The average Bonchev–Trinajstić information content (AvgIpc) is 1.85. The van der Waals surface area contributed by atoms with Crippen molar-refractivity contribution in [2.75, 3.05) is 0 Å². The largest absolute Gasteiger partial charge is 0.481 e. The van der Waals surface area contributed by atoms with Crippen LogP contribution in [0.15, 0.2) is 12.2 Å². The van der Waals surface area contributed by atoms with Gasteiger partial charge in [-0.05, 0) is 19.3 Å². The van der Waals surface area contributed by atoms with E-state index in [4.69, 9.17) is 10.8 Å². The topological polar surface area (TPSA) is 63.3 Å². The lowest BCUT2D eigenvalue weighted by atomic mass is 9.86. The predicted molar refractivity (Wildman–Crippen MR) is 42.2 cm³/mol. The number of allylic oxidation sites excluding steroid dienone is 1. The summed E-state index contributed by atoms with van der Waals surface area (Å²) in [6.45, 7) is 0. The molecule has 0 spiro atoms. The van der Waals surface area contributed by atoms with Crippen LogP contribution in [0.5, 0.6) is 0 Å². The van der Waals surface area contributed by atoms with E-state index in [0.717, 1.165) is 19.3 Å². The molecule has 0 heterocycles. The van der Waals surface area contributed by atoms with E-state index < -0.39 is 11.5 Å². The van der Waals surface area contributed by atoms with E-state index >= 15 is 0 Å². The molecule has 0 amide bonds. The van der Waals surface area contributed by atoms with Crippen molar-refractivity contribution < 1.29 is 9.90 Å². The van der Waals surface area contributed by atoms with E-state index in [9.17, 15) is 4.79 Å². The van der Waals surface area contributed by atoms with Crippen molar-refractivity contribution in [3.63, 3.8) is 0 Å². The second kappa shape index (κ2) is 3.05. The minimum atomic E-state index is -0.820. The van der Waals surface area contributed by atoms with E-state index in [2.05, 4.69) is 0 Å². The molecule has 0 saturated carbocycles. The molecule has 0 aromatic heterocycles. The second-order valence-corrected chi connectivity index (χ2v) is 3.10. The Morgan fingerprint density at radius 2 is 2.45 bits per heavy atom. The molecule has 11 heavy (non-hydrogen) atoms. The van der Waals surface area contributed by atoms with Gasteiger partial charge in [0.2, 0.25) is 0 Å². The maximum atomic E-state index is 10.4. The van der Waals surface area contributed by atoms with Crippen LogP contribution in [0.3, 0.4) is 0 Å². The fourth-order valence-electron chi connectivity index (χ4n) is 1.38. The summed E-state index contributed by atoms with van der Waals surface area (Å²) >= 11 is 0. The molecule has 3 nitrogen and oxygen atoms in total. The van der Waals surface area contributed by atoms with Gasteiger partial charge in [-0.2, -0.15) is 0 Å². The number of carboxylic acid groups (broad SMARTS) is 1. The normalized spacial score (nSPS) is 30.3. The summed E-state index contributed by atoms with van der Waals surface area (Å²) in [7, 11) is 0. The third kappa shape index (κ3) is 2.35. The van der Waals surface area contributed by atoms with Crippen LogP contribution >= 0.6 is 0 Å².